The van der Waals surface area contributed by atoms with Crippen LogP contribution in [0.1, 0.15) is 39.5 Å². The van der Waals surface area contributed by atoms with Crippen LogP contribution < -0.4 is 10.6 Å². The molecule has 2 N–H and O–H groups in total. The Labute approximate surface area is 130 Å². The van der Waals surface area contributed by atoms with Crippen molar-refractivity contribution in [1.82, 2.24) is 15.5 Å². The van der Waals surface area contributed by atoms with Crippen LogP contribution in [0.2, 0.25) is 0 Å². The molecule has 1 heterocycles. The molecule has 5 nitrogen and oxygen atoms in total. The fourth-order valence-electron chi connectivity index (χ4n) is 2.87. The Hall–Kier alpha value is -0.810. The summed E-state index contributed by atoms with van der Waals surface area (Å²) in [6, 6.07) is 0.616. The topological polar surface area (TPSA) is 48.9 Å². The zero-order valence-corrected chi connectivity index (χ0v) is 14.3. The molecule has 0 spiro atoms. The Bertz CT molecular complexity index is 288. The molecular formula is C16H34N4O. The van der Waals surface area contributed by atoms with Crippen molar-refractivity contribution in [1.29, 1.82) is 0 Å². The van der Waals surface area contributed by atoms with Crippen LogP contribution in [0.4, 0.5) is 0 Å². The van der Waals surface area contributed by atoms with Gasteiger partial charge in [0.25, 0.3) is 0 Å². The maximum atomic E-state index is 5.06. The molecule has 1 atom stereocenters. The van der Waals surface area contributed by atoms with Gasteiger partial charge in [0.2, 0.25) is 0 Å². The molecule has 0 bridgehead atoms. The number of ether oxygens (including phenoxy) is 1. The summed E-state index contributed by atoms with van der Waals surface area (Å²) in [7, 11) is 3.57. The van der Waals surface area contributed by atoms with Crippen LogP contribution in [0.25, 0.3) is 0 Å². The molecule has 1 fully saturated rings. The van der Waals surface area contributed by atoms with E-state index < -0.39 is 0 Å². The summed E-state index contributed by atoms with van der Waals surface area (Å²) in [5.41, 5.74) is 0. The first-order chi connectivity index (χ1) is 10.2. The van der Waals surface area contributed by atoms with Crippen LogP contribution in [-0.2, 0) is 4.74 Å². The summed E-state index contributed by atoms with van der Waals surface area (Å²) in [6.45, 7) is 9.77. The molecule has 1 unspecified atom stereocenters. The number of nitrogens with one attached hydrogen (secondary N) is 2. The Morgan fingerprint density at radius 3 is 2.52 bits per heavy atom. The van der Waals surface area contributed by atoms with Crippen LogP contribution in [0.5, 0.6) is 0 Å². The van der Waals surface area contributed by atoms with Gasteiger partial charge in [-0.05, 0) is 44.7 Å². The highest BCUT2D eigenvalue weighted by molar-refractivity contribution is 5.79. The highest BCUT2D eigenvalue weighted by atomic mass is 16.5. The summed E-state index contributed by atoms with van der Waals surface area (Å²) < 4.78 is 5.06. The largest absolute Gasteiger partial charge is 0.385 e. The van der Waals surface area contributed by atoms with E-state index in [-0.39, 0.29) is 0 Å². The molecule has 5 heteroatoms. The SMILES string of the molecule is CN=C(NCCCOC)NCC(CC(C)C)N1CCCC1. The van der Waals surface area contributed by atoms with Gasteiger partial charge in [-0.15, -0.1) is 0 Å². The Kier molecular flexibility index (Phi) is 9.42. The predicted molar refractivity (Wildman–Crippen MR) is 89.9 cm³/mol. The second-order valence-electron chi connectivity index (χ2n) is 6.25. The molecular weight excluding hydrogens is 264 g/mol. The molecule has 1 aliphatic rings. The number of rotatable bonds is 9. The van der Waals surface area contributed by atoms with Crippen molar-refractivity contribution in [2.45, 2.75) is 45.6 Å². The first-order valence-corrected chi connectivity index (χ1v) is 8.34. The second-order valence-corrected chi connectivity index (χ2v) is 6.25. The van der Waals surface area contributed by atoms with E-state index in [0.29, 0.717) is 6.04 Å². The average Bonchev–Trinajstić information content (AvgIpc) is 2.99. The number of guanidine groups is 1. The van der Waals surface area contributed by atoms with Crippen molar-refractivity contribution < 1.29 is 4.74 Å². The van der Waals surface area contributed by atoms with Crippen molar-refractivity contribution >= 4 is 5.96 Å². The fourth-order valence-corrected chi connectivity index (χ4v) is 2.87. The van der Waals surface area contributed by atoms with Crippen molar-refractivity contribution in [2.24, 2.45) is 10.9 Å². The zero-order valence-electron chi connectivity index (χ0n) is 14.3. The van der Waals surface area contributed by atoms with Gasteiger partial charge in [-0.3, -0.25) is 9.89 Å². The molecule has 0 aromatic heterocycles. The third-order valence-electron chi connectivity index (χ3n) is 3.95. The number of likely N-dealkylation sites (tertiary alicyclic amines) is 1. The highest BCUT2D eigenvalue weighted by Crippen LogP contribution is 2.17. The molecule has 0 saturated carbocycles. The van der Waals surface area contributed by atoms with E-state index in [1.165, 1.54) is 32.4 Å². The van der Waals surface area contributed by atoms with E-state index in [0.717, 1.165) is 38.0 Å². The van der Waals surface area contributed by atoms with Gasteiger partial charge >= 0.3 is 0 Å². The van der Waals surface area contributed by atoms with Crippen LogP contribution in [0.15, 0.2) is 4.99 Å². The normalized spacial score (nSPS) is 18.2. The van der Waals surface area contributed by atoms with Gasteiger partial charge in [-0.1, -0.05) is 13.8 Å². The van der Waals surface area contributed by atoms with Gasteiger partial charge < -0.3 is 15.4 Å². The summed E-state index contributed by atoms with van der Waals surface area (Å²) >= 11 is 0. The fraction of sp³-hybridized carbons (Fsp3) is 0.938. The van der Waals surface area contributed by atoms with E-state index >= 15 is 0 Å². The molecule has 1 rings (SSSR count). The standard InChI is InChI=1S/C16H34N4O/c1-14(2)12-15(20-9-5-6-10-20)13-19-16(17-3)18-8-7-11-21-4/h14-15H,5-13H2,1-4H3,(H2,17,18,19). The minimum atomic E-state index is 0.616. The predicted octanol–water partition coefficient (Wildman–Crippen LogP) is 1.70. The van der Waals surface area contributed by atoms with Crippen molar-refractivity contribution in [3.05, 3.63) is 0 Å². The maximum Gasteiger partial charge on any atom is 0.191 e. The summed E-state index contributed by atoms with van der Waals surface area (Å²) in [4.78, 5) is 6.93. The third kappa shape index (κ3) is 7.67. The molecule has 0 amide bonds. The molecule has 0 aliphatic carbocycles. The van der Waals surface area contributed by atoms with Crippen LogP contribution >= 0.6 is 0 Å². The molecule has 124 valence electrons. The molecule has 0 aromatic rings. The maximum absolute atomic E-state index is 5.06. The van der Waals surface area contributed by atoms with E-state index in [4.69, 9.17) is 4.74 Å². The van der Waals surface area contributed by atoms with Gasteiger partial charge in [0.15, 0.2) is 5.96 Å². The molecule has 21 heavy (non-hydrogen) atoms. The number of hydrogen-bond donors (Lipinski definition) is 2. The second kappa shape index (κ2) is 10.9. The minimum Gasteiger partial charge on any atom is -0.385 e. The smallest absolute Gasteiger partial charge is 0.191 e. The average molecular weight is 298 g/mol. The monoisotopic (exact) mass is 298 g/mol. The van der Waals surface area contributed by atoms with Gasteiger partial charge in [0.05, 0.1) is 0 Å². The van der Waals surface area contributed by atoms with Gasteiger partial charge in [0.1, 0.15) is 0 Å². The molecule has 0 radical (unpaired) electrons. The first-order valence-electron chi connectivity index (χ1n) is 8.34. The van der Waals surface area contributed by atoms with Gasteiger partial charge in [0, 0.05) is 39.9 Å². The Morgan fingerprint density at radius 1 is 1.24 bits per heavy atom. The summed E-state index contributed by atoms with van der Waals surface area (Å²) in [5, 5.41) is 6.83. The summed E-state index contributed by atoms with van der Waals surface area (Å²) in [5.74, 6) is 1.63. The Morgan fingerprint density at radius 2 is 1.95 bits per heavy atom. The third-order valence-corrected chi connectivity index (χ3v) is 3.95. The van der Waals surface area contributed by atoms with E-state index in [1.54, 1.807) is 7.11 Å². The van der Waals surface area contributed by atoms with Crippen molar-refractivity contribution in [3.63, 3.8) is 0 Å². The van der Waals surface area contributed by atoms with Gasteiger partial charge in [-0.2, -0.15) is 0 Å². The van der Waals surface area contributed by atoms with Crippen LogP contribution in [0.3, 0.4) is 0 Å². The molecule has 0 aromatic carbocycles. The first kappa shape index (κ1) is 18.2. The number of nitrogens with zero attached hydrogens (tertiary/aromatic N) is 2. The molecule has 1 saturated heterocycles. The quantitative estimate of drug-likeness (QED) is 0.386. The van der Waals surface area contributed by atoms with E-state index in [9.17, 15) is 0 Å². The minimum absolute atomic E-state index is 0.616. The van der Waals surface area contributed by atoms with Crippen molar-refractivity contribution in [3.8, 4) is 0 Å². The zero-order chi connectivity index (χ0) is 15.5. The number of methoxy groups -OCH3 is 1. The number of hydrogen-bond acceptors (Lipinski definition) is 3. The lowest BCUT2D eigenvalue weighted by atomic mass is 10.0. The Balaban J connectivity index is 2.35. The van der Waals surface area contributed by atoms with Crippen LogP contribution in [0, 0.1) is 5.92 Å². The van der Waals surface area contributed by atoms with Crippen LogP contribution in [-0.4, -0.2) is 63.8 Å². The van der Waals surface area contributed by atoms with E-state index in [2.05, 4.69) is 34.4 Å². The highest BCUT2D eigenvalue weighted by Gasteiger charge is 2.22. The lowest BCUT2D eigenvalue weighted by Gasteiger charge is -2.29. The van der Waals surface area contributed by atoms with Crippen molar-refractivity contribution in [2.75, 3.05) is 46.9 Å². The lowest BCUT2D eigenvalue weighted by Crippen LogP contribution is -2.47. The molecule has 1 aliphatic heterocycles. The summed E-state index contributed by atoms with van der Waals surface area (Å²) in [6.07, 6.45) is 4.93. The van der Waals surface area contributed by atoms with E-state index in [1.807, 2.05) is 7.05 Å². The number of aliphatic imine (C=N–C) groups is 1. The van der Waals surface area contributed by atoms with Gasteiger partial charge in [-0.25, -0.2) is 0 Å². The lowest BCUT2D eigenvalue weighted by molar-refractivity contribution is 0.195.